The average molecular weight is 436 g/mol. The summed E-state index contributed by atoms with van der Waals surface area (Å²) in [6.45, 7) is 9.58. The van der Waals surface area contributed by atoms with Crippen LogP contribution in [0.25, 0.3) is 0 Å². The van der Waals surface area contributed by atoms with Gasteiger partial charge < -0.3 is 15.5 Å². The van der Waals surface area contributed by atoms with Crippen molar-refractivity contribution in [1.82, 2.24) is 10.2 Å². The van der Waals surface area contributed by atoms with Crippen molar-refractivity contribution < 1.29 is 14.4 Å². The van der Waals surface area contributed by atoms with E-state index in [1.807, 2.05) is 6.92 Å². The number of benzene rings is 2. The van der Waals surface area contributed by atoms with Gasteiger partial charge in [-0.25, -0.2) is 0 Å². The summed E-state index contributed by atoms with van der Waals surface area (Å²) in [6.07, 6.45) is 0.867. The predicted octanol–water partition coefficient (Wildman–Crippen LogP) is 3.74. The van der Waals surface area contributed by atoms with Crippen LogP contribution in [0.4, 0.5) is 11.4 Å². The minimum Gasteiger partial charge on any atom is -0.352 e. The Morgan fingerprint density at radius 2 is 1.88 bits per heavy atom. The van der Waals surface area contributed by atoms with E-state index in [4.69, 9.17) is 0 Å². The molecule has 1 unspecified atom stereocenters. The molecule has 2 aromatic carbocycles. The van der Waals surface area contributed by atoms with Crippen LogP contribution in [0, 0.1) is 6.92 Å². The van der Waals surface area contributed by atoms with Crippen LogP contribution >= 0.6 is 0 Å². The molecule has 0 spiro atoms. The van der Waals surface area contributed by atoms with E-state index >= 15 is 0 Å². The first-order valence-corrected chi connectivity index (χ1v) is 10.9. The molecule has 3 rings (SSSR count). The van der Waals surface area contributed by atoms with Gasteiger partial charge in [0.2, 0.25) is 11.8 Å². The molecule has 0 saturated heterocycles. The van der Waals surface area contributed by atoms with Gasteiger partial charge in [0, 0.05) is 17.7 Å². The largest absolute Gasteiger partial charge is 0.352 e. The summed E-state index contributed by atoms with van der Waals surface area (Å²) >= 11 is 0. The highest BCUT2D eigenvalue weighted by Gasteiger charge is 2.34. The monoisotopic (exact) mass is 435 g/mol. The van der Waals surface area contributed by atoms with Crippen LogP contribution in [0.1, 0.15) is 46.5 Å². The maximum absolute atomic E-state index is 12.6. The Morgan fingerprint density at radius 1 is 1.12 bits per heavy atom. The minimum atomic E-state index is -1.25. The number of Topliss-reactive ketones (excluding diaryl/α,β-unsaturated/α-hetero) is 1. The van der Waals surface area contributed by atoms with Gasteiger partial charge in [0.25, 0.3) is 11.8 Å². The van der Waals surface area contributed by atoms with Gasteiger partial charge in [0.05, 0.1) is 11.4 Å². The number of azo groups is 1. The zero-order chi connectivity index (χ0) is 23.1. The molecule has 1 heterocycles. The van der Waals surface area contributed by atoms with Crippen molar-refractivity contribution in [2.75, 3.05) is 31.5 Å². The van der Waals surface area contributed by atoms with Crippen LogP contribution in [0.2, 0.25) is 0 Å². The van der Waals surface area contributed by atoms with E-state index in [0.717, 1.165) is 31.6 Å². The zero-order valence-electron chi connectivity index (χ0n) is 18.7. The lowest BCUT2D eigenvalue weighted by Crippen LogP contribution is -2.38. The van der Waals surface area contributed by atoms with Crippen LogP contribution in [0.3, 0.4) is 0 Å². The first kappa shape index (κ1) is 23.3. The van der Waals surface area contributed by atoms with Crippen LogP contribution in [-0.4, -0.2) is 54.7 Å². The number of rotatable bonds is 9. The maximum Gasteiger partial charge on any atom is 0.259 e. The Morgan fingerprint density at radius 3 is 2.62 bits per heavy atom. The Bertz CT molecular complexity index is 1030. The molecule has 8 heteroatoms. The van der Waals surface area contributed by atoms with Crippen molar-refractivity contribution in [3.05, 3.63) is 59.2 Å². The maximum atomic E-state index is 12.6. The number of para-hydroxylation sites is 1. The number of aryl methyl sites for hydroxylation is 1. The molecule has 2 aromatic rings. The van der Waals surface area contributed by atoms with E-state index in [-0.39, 0.29) is 5.91 Å². The molecule has 2 N–H and O–H groups in total. The van der Waals surface area contributed by atoms with E-state index in [2.05, 4.69) is 39.6 Å². The van der Waals surface area contributed by atoms with Crippen LogP contribution in [0.5, 0.6) is 0 Å². The van der Waals surface area contributed by atoms with Gasteiger partial charge in [0.1, 0.15) is 0 Å². The van der Waals surface area contributed by atoms with Gasteiger partial charge in [0.15, 0.2) is 0 Å². The number of hydrogen-bond acceptors (Lipinski definition) is 6. The quantitative estimate of drug-likeness (QED) is 0.356. The third-order valence-electron chi connectivity index (χ3n) is 5.39. The summed E-state index contributed by atoms with van der Waals surface area (Å²) < 4.78 is 0. The summed E-state index contributed by atoms with van der Waals surface area (Å²) in [5.41, 5.74) is 2.60. The highest BCUT2D eigenvalue weighted by Crippen LogP contribution is 2.25. The molecule has 0 bridgehead atoms. The molecule has 0 aliphatic carbocycles. The van der Waals surface area contributed by atoms with Crippen LogP contribution < -0.4 is 10.6 Å². The number of nitrogens with zero attached hydrogens (tertiary/aromatic N) is 3. The molecule has 0 fully saturated rings. The fraction of sp³-hybridized carbons (Fsp3) is 0.375. The molecule has 8 nitrogen and oxygen atoms in total. The molecule has 0 saturated carbocycles. The average Bonchev–Trinajstić information content (AvgIpc) is 2.78. The smallest absolute Gasteiger partial charge is 0.259 e. The van der Waals surface area contributed by atoms with Crippen molar-refractivity contribution in [1.29, 1.82) is 0 Å². The van der Waals surface area contributed by atoms with Crippen molar-refractivity contribution in [2.24, 2.45) is 10.2 Å². The second-order valence-corrected chi connectivity index (χ2v) is 7.71. The summed E-state index contributed by atoms with van der Waals surface area (Å²) in [4.78, 5) is 39.8. The van der Waals surface area contributed by atoms with Crippen LogP contribution in [0.15, 0.2) is 52.7 Å². The molecule has 0 aromatic heterocycles. The number of carbonyl (C=O) groups excluding carboxylic acids is 3. The third kappa shape index (κ3) is 5.64. The minimum absolute atomic E-state index is 0.190. The number of nitrogens with one attached hydrogen (secondary N) is 2. The first-order chi connectivity index (χ1) is 15.4. The highest BCUT2D eigenvalue weighted by molar-refractivity contribution is 6.23. The number of anilines is 1. The van der Waals surface area contributed by atoms with Crippen LogP contribution in [-0.2, 0) is 4.79 Å². The predicted molar refractivity (Wildman–Crippen MR) is 124 cm³/mol. The molecule has 1 atom stereocenters. The number of hydrogen-bond donors (Lipinski definition) is 2. The Labute approximate surface area is 188 Å². The molecule has 1 aliphatic heterocycles. The number of fused-ring (bicyclic) bond motifs is 1. The van der Waals surface area contributed by atoms with Crippen molar-refractivity contribution in [3.8, 4) is 0 Å². The van der Waals surface area contributed by atoms with E-state index in [1.54, 1.807) is 42.5 Å². The molecule has 0 radical (unpaired) electrons. The van der Waals surface area contributed by atoms with Crippen molar-refractivity contribution in [2.45, 2.75) is 33.2 Å². The van der Waals surface area contributed by atoms with E-state index in [9.17, 15) is 14.4 Å². The van der Waals surface area contributed by atoms with E-state index in [0.29, 0.717) is 29.0 Å². The molecular formula is C24H29N5O3. The zero-order valence-corrected chi connectivity index (χ0v) is 18.7. The normalized spacial score (nSPS) is 15.7. The SMILES string of the molecule is CCN(CC)CCCNC(=O)c1cc(C)cc(N=NC2C(=O)Nc3ccccc3C2=O)c1. The van der Waals surface area contributed by atoms with Gasteiger partial charge in [-0.3, -0.25) is 14.4 Å². The van der Waals surface area contributed by atoms with Crippen molar-refractivity contribution in [3.63, 3.8) is 0 Å². The summed E-state index contributed by atoms with van der Waals surface area (Å²) in [5, 5.41) is 13.7. The lowest BCUT2D eigenvalue weighted by atomic mass is 9.98. The lowest BCUT2D eigenvalue weighted by molar-refractivity contribution is -0.116. The summed E-state index contributed by atoms with van der Waals surface area (Å²) in [5.74, 6) is -1.10. The van der Waals surface area contributed by atoms with Gasteiger partial charge in [-0.2, -0.15) is 10.2 Å². The number of ketones is 1. The second-order valence-electron chi connectivity index (χ2n) is 7.71. The number of amides is 2. The molecule has 1 aliphatic rings. The second kappa shape index (κ2) is 10.8. The highest BCUT2D eigenvalue weighted by atomic mass is 16.2. The van der Waals surface area contributed by atoms with Crippen molar-refractivity contribution >= 4 is 29.0 Å². The first-order valence-electron chi connectivity index (χ1n) is 10.9. The van der Waals surface area contributed by atoms with Gasteiger partial charge in [-0.1, -0.05) is 26.0 Å². The van der Waals surface area contributed by atoms with Gasteiger partial charge in [-0.15, -0.1) is 0 Å². The molecule has 32 heavy (non-hydrogen) atoms. The Hall–Kier alpha value is -3.39. The number of carbonyl (C=O) groups is 3. The third-order valence-corrected chi connectivity index (χ3v) is 5.39. The molecule has 168 valence electrons. The van der Waals surface area contributed by atoms with E-state index < -0.39 is 17.7 Å². The molecule has 2 amide bonds. The van der Waals surface area contributed by atoms with Gasteiger partial charge >= 0.3 is 0 Å². The Balaban J connectivity index is 1.67. The fourth-order valence-electron chi connectivity index (χ4n) is 3.60. The van der Waals surface area contributed by atoms with Gasteiger partial charge in [-0.05, 0) is 68.9 Å². The lowest BCUT2D eigenvalue weighted by Gasteiger charge is -2.19. The van der Waals surface area contributed by atoms with E-state index in [1.165, 1.54) is 0 Å². The standard InChI is InChI=1S/C24H29N5O3/c1-4-29(5-2)12-8-11-25-23(31)17-13-16(3)14-18(15-17)27-28-21-22(30)19-9-6-7-10-20(19)26-24(21)32/h6-7,9-10,13-15,21H,4-5,8,11-12H2,1-3H3,(H,25,31)(H,26,32). The summed E-state index contributed by atoms with van der Waals surface area (Å²) in [7, 11) is 0. The fourth-order valence-corrected chi connectivity index (χ4v) is 3.60. The topological polar surface area (TPSA) is 103 Å². The summed E-state index contributed by atoms with van der Waals surface area (Å²) in [6, 6.07) is 10.7. The Kier molecular flexibility index (Phi) is 7.83. The molecular weight excluding hydrogens is 406 g/mol.